The Bertz CT molecular complexity index is 274. The number of hydrogen-bond acceptors (Lipinski definition) is 3. The second-order valence-corrected chi connectivity index (χ2v) is 6.37. The molecule has 0 saturated carbocycles. The standard InChI is InChI=1S/C13H26N2O2S/c1-3-15(4-2)13(16)11-18(17)10-8-12-7-5-6-9-14-12/h12,14H,3-11H2,1-2H3. The Morgan fingerprint density at radius 3 is 2.61 bits per heavy atom. The zero-order chi connectivity index (χ0) is 13.4. The third-order valence-corrected chi connectivity index (χ3v) is 4.77. The molecule has 0 aromatic heterocycles. The molecule has 0 aromatic carbocycles. The highest BCUT2D eigenvalue weighted by atomic mass is 32.2. The van der Waals surface area contributed by atoms with Gasteiger partial charge in [0, 0.05) is 35.7 Å². The van der Waals surface area contributed by atoms with Crippen LogP contribution in [0.1, 0.15) is 39.5 Å². The maximum absolute atomic E-state index is 11.9. The molecule has 0 bridgehead atoms. The van der Waals surface area contributed by atoms with E-state index in [0.29, 0.717) is 24.9 Å². The molecular formula is C13H26N2O2S. The normalized spacial score (nSPS) is 21.6. The third kappa shape index (κ3) is 5.48. The predicted molar refractivity (Wildman–Crippen MR) is 76.1 cm³/mol. The number of nitrogens with one attached hydrogen (secondary N) is 1. The number of carbonyl (C=O) groups excluding carboxylic acids is 1. The van der Waals surface area contributed by atoms with Crippen molar-refractivity contribution < 1.29 is 9.00 Å². The average molecular weight is 274 g/mol. The molecule has 2 unspecified atom stereocenters. The molecule has 1 rings (SSSR count). The number of carbonyl (C=O) groups is 1. The summed E-state index contributed by atoms with van der Waals surface area (Å²) in [5.41, 5.74) is 0. The Hall–Kier alpha value is -0.420. The minimum absolute atomic E-state index is 0.0231. The van der Waals surface area contributed by atoms with Crippen LogP contribution in [0.4, 0.5) is 0 Å². The number of amides is 1. The maximum atomic E-state index is 11.9. The van der Waals surface area contributed by atoms with Crippen molar-refractivity contribution in [3.8, 4) is 0 Å². The van der Waals surface area contributed by atoms with Crippen molar-refractivity contribution >= 4 is 16.7 Å². The van der Waals surface area contributed by atoms with Crippen LogP contribution in [0.15, 0.2) is 0 Å². The van der Waals surface area contributed by atoms with Gasteiger partial charge in [-0.3, -0.25) is 9.00 Å². The molecule has 106 valence electrons. The van der Waals surface area contributed by atoms with Crippen LogP contribution in [0.25, 0.3) is 0 Å². The van der Waals surface area contributed by atoms with Crippen molar-refractivity contribution in [2.24, 2.45) is 0 Å². The molecule has 1 aliphatic rings. The van der Waals surface area contributed by atoms with E-state index < -0.39 is 10.8 Å². The van der Waals surface area contributed by atoms with E-state index in [4.69, 9.17) is 0 Å². The third-order valence-electron chi connectivity index (χ3n) is 3.51. The first-order valence-electron chi connectivity index (χ1n) is 7.03. The highest BCUT2D eigenvalue weighted by Crippen LogP contribution is 2.10. The molecule has 1 heterocycles. The van der Waals surface area contributed by atoms with Crippen LogP contribution in [0.3, 0.4) is 0 Å². The van der Waals surface area contributed by atoms with Crippen LogP contribution >= 0.6 is 0 Å². The maximum Gasteiger partial charge on any atom is 0.235 e. The molecule has 1 N–H and O–H groups in total. The van der Waals surface area contributed by atoms with Crippen molar-refractivity contribution in [2.75, 3.05) is 31.1 Å². The van der Waals surface area contributed by atoms with Crippen LogP contribution in [-0.4, -0.2) is 52.2 Å². The fourth-order valence-corrected chi connectivity index (χ4v) is 3.47. The average Bonchev–Trinajstić information content (AvgIpc) is 2.39. The monoisotopic (exact) mass is 274 g/mol. The summed E-state index contributed by atoms with van der Waals surface area (Å²) in [5.74, 6) is 0.856. The predicted octanol–water partition coefficient (Wildman–Crippen LogP) is 1.14. The fraction of sp³-hybridized carbons (Fsp3) is 0.923. The summed E-state index contributed by atoms with van der Waals surface area (Å²) in [5, 5.41) is 3.44. The molecule has 18 heavy (non-hydrogen) atoms. The van der Waals surface area contributed by atoms with Crippen LogP contribution in [0.5, 0.6) is 0 Å². The number of hydrogen-bond donors (Lipinski definition) is 1. The summed E-state index contributed by atoms with van der Waals surface area (Å²) in [6.07, 6.45) is 4.63. The van der Waals surface area contributed by atoms with Gasteiger partial charge in [0.15, 0.2) is 0 Å². The molecule has 5 heteroatoms. The van der Waals surface area contributed by atoms with Gasteiger partial charge in [0.25, 0.3) is 0 Å². The Kier molecular flexibility index (Phi) is 7.51. The first-order valence-corrected chi connectivity index (χ1v) is 8.52. The lowest BCUT2D eigenvalue weighted by atomic mass is 10.0. The lowest BCUT2D eigenvalue weighted by Crippen LogP contribution is -2.37. The molecule has 1 fully saturated rings. The minimum Gasteiger partial charge on any atom is -0.342 e. The molecular weight excluding hydrogens is 248 g/mol. The van der Waals surface area contributed by atoms with E-state index in [1.54, 1.807) is 4.90 Å². The molecule has 1 aliphatic heterocycles. The Morgan fingerprint density at radius 1 is 1.33 bits per heavy atom. The molecule has 0 spiro atoms. The SMILES string of the molecule is CCN(CC)C(=O)CS(=O)CCC1CCCCN1. The lowest BCUT2D eigenvalue weighted by molar-refractivity contribution is -0.128. The number of rotatable bonds is 7. The van der Waals surface area contributed by atoms with Crippen LogP contribution in [0, 0.1) is 0 Å². The second-order valence-electron chi connectivity index (χ2n) is 4.79. The Balaban J connectivity index is 2.22. The van der Waals surface area contributed by atoms with E-state index in [9.17, 15) is 9.00 Å². The summed E-state index contributed by atoms with van der Waals surface area (Å²) in [6.45, 7) is 6.40. The molecule has 2 atom stereocenters. The topological polar surface area (TPSA) is 49.4 Å². The van der Waals surface area contributed by atoms with Gasteiger partial charge in [0.1, 0.15) is 5.75 Å². The van der Waals surface area contributed by atoms with Gasteiger partial charge in [-0.1, -0.05) is 6.42 Å². The van der Waals surface area contributed by atoms with Gasteiger partial charge in [-0.2, -0.15) is 0 Å². The van der Waals surface area contributed by atoms with Crippen LogP contribution < -0.4 is 5.32 Å². The second kappa shape index (κ2) is 8.64. The van der Waals surface area contributed by atoms with E-state index in [1.165, 1.54) is 19.3 Å². The van der Waals surface area contributed by atoms with Gasteiger partial charge in [0.2, 0.25) is 5.91 Å². The number of piperidine rings is 1. The van der Waals surface area contributed by atoms with Crippen molar-refractivity contribution in [3.05, 3.63) is 0 Å². The quantitative estimate of drug-likeness (QED) is 0.757. The molecule has 0 aliphatic carbocycles. The van der Waals surface area contributed by atoms with Crippen LogP contribution in [-0.2, 0) is 15.6 Å². The summed E-state index contributed by atoms with van der Waals surface area (Å²) in [6, 6.07) is 0.506. The van der Waals surface area contributed by atoms with Crippen molar-refractivity contribution in [1.82, 2.24) is 10.2 Å². The van der Waals surface area contributed by atoms with Gasteiger partial charge >= 0.3 is 0 Å². The molecule has 0 aromatic rings. The summed E-state index contributed by atoms with van der Waals surface area (Å²) in [4.78, 5) is 13.5. The van der Waals surface area contributed by atoms with Crippen molar-refractivity contribution in [3.63, 3.8) is 0 Å². The highest BCUT2D eigenvalue weighted by molar-refractivity contribution is 7.85. The van der Waals surface area contributed by atoms with Crippen molar-refractivity contribution in [1.29, 1.82) is 0 Å². The van der Waals surface area contributed by atoms with Gasteiger partial charge in [-0.05, 0) is 39.7 Å². The molecule has 4 nitrogen and oxygen atoms in total. The fourth-order valence-electron chi connectivity index (χ4n) is 2.32. The zero-order valence-electron chi connectivity index (χ0n) is 11.6. The van der Waals surface area contributed by atoms with E-state index >= 15 is 0 Å². The van der Waals surface area contributed by atoms with Crippen LogP contribution in [0.2, 0.25) is 0 Å². The van der Waals surface area contributed by atoms with Gasteiger partial charge in [-0.15, -0.1) is 0 Å². The van der Waals surface area contributed by atoms with E-state index in [0.717, 1.165) is 13.0 Å². The molecule has 1 amide bonds. The first kappa shape index (κ1) is 15.6. The van der Waals surface area contributed by atoms with Gasteiger partial charge in [0.05, 0.1) is 0 Å². The Morgan fingerprint density at radius 2 is 2.06 bits per heavy atom. The van der Waals surface area contributed by atoms with Crippen molar-refractivity contribution in [2.45, 2.75) is 45.6 Å². The Labute approximate surface area is 113 Å². The first-order chi connectivity index (χ1) is 8.67. The highest BCUT2D eigenvalue weighted by Gasteiger charge is 2.16. The van der Waals surface area contributed by atoms with Gasteiger partial charge in [-0.25, -0.2) is 0 Å². The number of nitrogens with zero attached hydrogens (tertiary/aromatic N) is 1. The zero-order valence-corrected chi connectivity index (χ0v) is 12.4. The summed E-state index contributed by atoms with van der Waals surface area (Å²) >= 11 is 0. The largest absolute Gasteiger partial charge is 0.342 e. The van der Waals surface area contributed by atoms with E-state index in [2.05, 4.69) is 5.32 Å². The smallest absolute Gasteiger partial charge is 0.235 e. The summed E-state index contributed by atoms with van der Waals surface area (Å²) < 4.78 is 11.9. The molecule has 1 saturated heterocycles. The minimum atomic E-state index is -1.01. The van der Waals surface area contributed by atoms with Gasteiger partial charge < -0.3 is 10.2 Å². The molecule has 0 radical (unpaired) electrons. The van der Waals surface area contributed by atoms with E-state index in [1.807, 2.05) is 13.8 Å². The lowest BCUT2D eigenvalue weighted by Gasteiger charge is -2.23. The summed E-state index contributed by atoms with van der Waals surface area (Å²) in [7, 11) is -1.01. The van der Waals surface area contributed by atoms with E-state index in [-0.39, 0.29) is 11.7 Å².